The molecule has 20 heavy (non-hydrogen) atoms. The number of ketones is 1. The van der Waals surface area contributed by atoms with Crippen LogP contribution in [0, 0.1) is 11.8 Å². The number of rotatable bonds is 6. The van der Waals surface area contributed by atoms with Crippen LogP contribution in [0.2, 0.25) is 0 Å². The molecule has 0 aromatic carbocycles. The van der Waals surface area contributed by atoms with Gasteiger partial charge in [-0.05, 0) is 44.9 Å². The Morgan fingerprint density at radius 1 is 1.40 bits per heavy atom. The minimum Gasteiger partial charge on any atom is -0.480 e. The van der Waals surface area contributed by atoms with Crippen LogP contribution in [0.4, 0.5) is 0 Å². The molecule has 0 aromatic rings. The fraction of sp³-hybridized carbons (Fsp3) is 0.800. The summed E-state index contributed by atoms with van der Waals surface area (Å²) in [5.74, 6) is -0.0662. The zero-order valence-electron chi connectivity index (χ0n) is 12.2. The first-order valence-corrected chi connectivity index (χ1v) is 7.77. The number of hydrogen-bond acceptors (Lipinski definition) is 3. The van der Waals surface area contributed by atoms with Gasteiger partial charge in [0.15, 0.2) is 0 Å². The van der Waals surface area contributed by atoms with E-state index in [0.29, 0.717) is 11.4 Å². The van der Waals surface area contributed by atoms with Crippen LogP contribution in [-0.4, -0.2) is 38.8 Å². The van der Waals surface area contributed by atoms with Crippen LogP contribution in [-0.2, 0) is 9.59 Å². The van der Waals surface area contributed by atoms with Gasteiger partial charge in [-0.2, -0.15) is 0 Å². The van der Waals surface area contributed by atoms with Crippen molar-refractivity contribution in [1.29, 1.82) is 0 Å². The average molecular weight is 297 g/mol. The summed E-state index contributed by atoms with van der Waals surface area (Å²) in [7, 11) is 0. The molecule has 5 heteroatoms. The van der Waals surface area contributed by atoms with Crippen LogP contribution in [0.5, 0.6) is 0 Å². The molecule has 0 spiro atoms. The third kappa shape index (κ3) is 3.03. The molecule has 0 heterocycles. The lowest BCUT2D eigenvalue weighted by atomic mass is 9.90. The Morgan fingerprint density at radius 2 is 2.00 bits per heavy atom. The highest BCUT2D eigenvalue weighted by atomic mass is 32.1. The van der Waals surface area contributed by atoms with Gasteiger partial charge in [-0.25, -0.2) is 0 Å². The molecule has 0 amide bonds. The van der Waals surface area contributed by atoms with Gasteiger partial charge in [0.2, 0.25) is 0 Å². The molecular formula is C15H23NO3S. The van der Waals surface area contributed by atoms with Gasteiger partial charge in [-0.3, -0.25) is 4.79 Å². The lowest BCUT2D eigenvalue weighted by Crippen LogP contribution is -2.52. The summed E-state index contributed by atoms with van der Waals surface area (Å²) in [6.07, 6.45) is 5.90. The number of nitrogens with zero attached hydrogens (tertiary/aromatic N) is 1. The van der Waals surface area contributed by atoms with E-state index >= 15 is 0 Å². The van der Waals surface area contributed by atoms with Crippen molar-refractivity contribution >= 4 is 29.0 Å². The van der Waals surface area contributed by atoms with Gasteiger partial charge >= 0.3 is 5.97 Å². The Balaban J connectivity index is 2.17. The van der Waals surface area contributed by atoms with Gasteiger partial charge in [0.25, 0.3) is 0 Å². The Hall–Kier alpha value is -0.970. The minimum absolute atomic E-state index is 0.0339. The first-order valence-electron chi connectivity index (χ1n) is 7.37. The number of thiocarbonyl (C=S) groups is 1. The van der Waals surface area contributed by atoms with Crippen molar-refractivity contribution < 1.29 is 14.7 Å². The largest absolute Gasteiger partial charge is 0.480 e. The lowest BCUT2D eigenvalue weighted by Gasteiger charge is -2.42. The first-order chi connectivity index (χ1) is 9.34. The average Bonchev–Trinajstić information content (AvgIpc) is 2.95. The molecule has 2 rings (SSSR count). The number of carbonyl (C=O) groups excluding carboxylic acids is 1. The molecule has 112 valence electrons. The van der Waals surface area contributed by atoms with Crippen molar-refractivity contribution in [2.45, 2.75) is 57.9 Å². The molecule has 0 aromatic heterocycles. The minimum atomic E-state index is -0.841. The van der Waals surface area contributed by atoms with E-state index in [9.17, 15) is 14.7 Å². The summed E-state index contributed by atoms with van der Waals surface area (Å²) >= 11 is 5.54. The van der Waals surface area contributed by atoms with Crippen molar-refractivity contribution in [3.63, 3.8) is 0 Å². The number of fused-ring (bicyclic) bond motifs is 2. The van der Waals surface area contributed by atoms with Crippen LogP contribution in [0.1, 0.15) is 52.4 Å². The number of aliphatic carboxylic acids is 1. The Morgan fingerprint density at radius 3 is 2.40 bits per heavy atom. The molecule has 1 unspecified atom stereocenters. The zero-order chi connectivity index (χ0) is 14.9. The van der Waals surface area contributed by atoms with Gasteiger partial charge in [0.05, 0.1) is 4.99 Å². The fourth-order valence-corrected chi connectivity index (χ4v) is 4.28. The predicted octanol–water partition coefficient (Wildman–Crippen LogP) is 2.65. The fourth-order valence-electron chi connectivity index (χ4n) is 3.94. The third-order valence-electron chi connectivity index (χ3n) is 4.85. The molecule has 2 aliphatic carbocycles. The van der Waals surface area contributed by atoms with E-state index in [4.69, 9.17) is 12.2 Å². The van der Waals surface area contributed by atoms with E-state index in [1.54, 1.807) is 6.92 Å². The SMILES string of the molecule is CC(=O)CC(C)C(=S)N(CC(=O)O)C12CCC(CC1)C2. The predicted molar refractivity (Wildman–Crippen MR) is 80.7 cm³/mol. The second kappa shape index (κ2) is 5.80. The topological polar surface area (TPSA) is 57.6 Å². The van der Waals surface area contributed by atoms with Gasteiger partial charge in [-0.1, -0.05) is 19.1 Å². The van der Waals surface area contributed by atoms with E-state index in [1.807, 2.05) is 11.8 Å². The highest BCUT2D eigenvalue weighted by Crippen LogP contribution is 2.51. The van der Waals surface area contributed by atoms with E-state index < -0.39 is 5.97 Å². The quantitative estimate of drug-likeness (QED) is 0.764. The summed E-state index contributed by atoms with van der Waals surface area (Å²) in [6.45, 7) is 3.45. The normalized spacial score (nSPS) is 29.2. The molecule has 2 aliphatic rings. The second-order valence-electron chi connectivity index (χ2n) is 6.50. The van der Waals surface area contributed by atoms with E-state index in [0.717, 1.165) is 25.2 Å². The summed E-state index contributed by atoms with van der Waals surface area (Å²) < 4.78 is 0. The molecule has 2 bridgehead atoms. The molecule has 2 fully saturated rings. The lowest BCUT2D eigenvalue weighted by molar-refractivity contribution is -0.138. The summed E-state index contributed by atoms with van der Waals surface area (Å²) in [4.78, 5) is 25.1. The van der Waals surface area contributed by atoms with Crippen molar-refractivity contribution in [1.82, 2.24) is 4.90 Å². The molecule has 0 saturated heterocycles. The zero-order valence-corrected chi connectivity index (χ0v) is 13.0. The van der Waals surface area contributed by atoms with Crippen molar-refractivity contribution in [2.24, 2.45) is 11.8 Å². The monoisotopic (exact) mass is 297 g/mol. The number of hydrogen-bond donors (Lipinski definition) is 1. The highest BCUT2D eigenvalue weighted by molar-refractivity contribution is 7.80. The first kappa shape index (κ1) is 15.4. The van der Waals surface area contributed by atoms with E-state index in [2.05, 4.69) is 0 Å². The van der Waals surface area contributed by atoms with Crippen molar-refractivity contribution in [2.75, 3.05) is 6.54 Å². The Kier molecular flexibility index (Phi) is 4.47. The van der Waals surface area contributed by atoms with Crippen molar-refractivity contribution in [3.8, 4) is 0 Å². The molecule has 0 aliphatic heterocycles. The molecular weight excluding hydrogens is 274 g/mol. The molecule has 1 N–H and O–H groups in total. The van der Waals surface area contributed by atoms with Gasteiger partial charge < -0.3 is 14.8 Å². The summed E-state index contributed by atoms with van der Waals surface area (Å²) in [5.41, 5.74) is -0.0504. The molecule has 4 nitrogen and oxygen atoms in total. The molecule has 2 saturated carbocycles. The highest BCUT2D eigenvalue weighted by Gasteiger charge is 2.50. The van der Waals surface area contributed by atoms with E-state index in [1.165, 1.54) is 12.8 Å². The third-order valence-corrected chi connectivity index (χ3v) is 5.47. The van der Waals surface area contributed by atoms with Crippen LogP contribution in [0.15, 0.2) is 0 Å². The molecule has 0 radical (unpaired) electrons. The summed E-state index contributed by atoms with van der Waals surface area (Å²) in [6, 6.07) is 0. The number of carboxylic acid groups (broad SMARTS) is 1. The van der Waals surface area contributed by atoms with Gasteiger partial charge in [0, 0.05) is 17.9 Å². The van der Waals surface area contributed by atoms with Gasteiger partial charge in [-0.15, -0.1) is 0 Å². The maximum absolute atomic E-state index is 11.3. The standard InChI is InChI=1S/C15H23NO3S/c1-10(7-11(2)17)14(20)16(9-13(18)19)15-5-3-12(8-15)4-6-15/h10,12H,3-9H2,1-2H3,(H,18,19). The number of carbonyl (C=O) groups is 2. The Bertz CT molecular complexity index is 427. The summed E-state index contributed by atoms with van der Waals surface area (Å²) in [5, 5.41) is 9.21. The molecule has 1 atom stereocenters. The second-order valence-corrected chi connectivity index (χ2v) is 6.92. The Labute approximate surface area is 125 Å². The maximum Gasteiger partial charge on any atom is 0.323 e. The number of carboxylic acids is 1. The van der Waals surface area contributed by atoms with Crippen LogP contribution in [0.25, 0.3) is 0 Å². The van der Waals surface area contributed by atoms with Gasteiger partial charge in [0.1, 0.15) is 12.3 Å². The smallest absolute Gasteiger partial charge is 0.323 e. The maximum atomic E-state index is 11.3. The van der Waals surface area contributed by atoms with Crippen LogP contribution < -0.4 is 0 Å². The van der Waals surface area contributed by atoms with Crippen LogP contribution in [0.3, 0.4) is 0 Å². The number of Topliss-reactive ketones (excluding diaryl/α,β-unsaturated/α-hetero) is 1. The van der Waals surface area contributed by atoms with Crippen molar-refractivity contribution in [3.05, 3.63) is 0 Å². The van der Waals surface area contributed by atoms with E-state index in [-0.39, 0.29) is 23.8 Å². The van der Waals surface area contributed by atoms with Crippen LogP contribution >= 0.6 is 12.2 Å².